The summed E-state index contributed by atoms with van der Waals surface area (Å²) in [4.78, 5) is 26.4. The van der Waals surface area contributed by atoms with Crippen molar-refractivity contribution < 1.29 is 14.7 Å². The van der Waals surface area contributed by atoms with E-state index in [1.807, 2.05) is 0 Å². The first kappa shape index (κ1) is 14.6. The summed E-state index contributed by atoms with van der Waals surface area (Å²) in [6.45, 7) is 8.44. The number of hydrogen-bond donors (Lipinski definition) is 1. The molecule has 1 aliphatic heterocycles. The van der Waals surface area contributed by atoms with Gasteiger partial charge in [-0.3, -0.25) is 0 Å². The van der Waals surface area contributed by atoms with Crippen molar-refractivity contribution in [1.29, 1.82) is 0 Å². The number of carboxylic acids is 1. The third kappa shape index (κ3) is 3.53. The second kappa shape index (κ2) is 7.10. The predicted molar refractivity (Wildman–Crippen MR) is 72.8 cm³/mol. The molecule has 0 aliphatic carbocycles. The minimum Gasteiger partial charge on any atom is -0.480 e. The van der Waals surface area contributed by atoms with E-state index in [4.69, 9.17) is 5.11 Å². The fourth-order valence-corrected chi connectivity index (χ4v) is 2.80. The van der Waals surface area contributed by atoms with Gasteiger partial charge in [-0.1, -0.05) is 12.2 Å². The van der Waals surface area contributed by atoms with Gasteiger partial charge in [0.15, 0.2) is 0 Å². The summed E-state index contributed by atoms with van der Waals surface area (Å²) in [5.74, 6) is 0.260. The highest BCUT2D eigenvalue weighted by Gasteiger charge is 2.34. The van der Waals surface area contributed by atoms with Gasteiger partial charge < -0.3 is 14.9 Å². The summed E-state index contributed by atoms with van der Waals surface area (Å²) < 4.78 is 0. The van der Waals surface area contributed by atoms with Crippen molar-refractivity contribution in [2.45, 2.75) is 6.04 Å². The molecule has 0 spiro atoms. The lowest BCUT2D eigenvalue weighted by atomic mass is 10.3. The largest absolute Gasteiger partial charge is 0.480 e. The quantitative estimate of drug-likeness (QED) is 0.765. The zero-order valence-corrected chi connectivity index (χ0v) is 11.1. The van der Waals surface area contributed by atoms with Gasteiger partial charge in [0.05, 0.1) is 0 Å². The Kier molecular flexibility index (Phi) is 5.77. The van der Waals surface area contributed by atoms with Crippen LogP contribution in [0.4, 0.5) is 4.79 Å². The minimum atomic E-state index is -0.951. The Morgan fingerprint density at radius 3 is 2.50 bits per heavy atom. The lowest BCUT2D eigenvalue weighted by Gasteiger charge is -2.36. The van der Waals surface area contributed by atoms with Crippen LogP contribution >= 0.6 is 11.8 Å². The highest BCUT2D eigenvalue weighted by Crippen LogP contribution is 2.18. The van der Waals surface area contributed by atoms with Crippen molar-refractivity contribution >= 4 is 23.8 Å². The average Bonchev–Trinajstić information content (AvgIpc) is 2.37. The second-order valence-corrected chi connectivity index (χ2v) is 5.04. The van der Waals surface area contributed by atoms with Gasteiger partial charge in [-0.05, 0) is 0 Å². The van der Waals surface area contributed by atoms with E-state index >= 15 is 0 Å². The normalized spacial score (nSPS) is 19.1. The summed E-state index contributed by atoms with van der Waals surface area (Å²) in [5.41, 5.74) is 0. The number of aliphatic carboxylic acids is 1. The number of hydrogen-bond acceptors (Lipinski definition) is 3. The molecule has 6 heteroatoms. The van der Waals surface area contributed by atoms with Gasteiger partial charge in [0.2, 0.25) is 0 Å². The Morgan fingerprint density at radius 2 is 2.00 bits per heavy atom. The molecule has 100 valence electrons. The van der Waals surface area contributed by atoms with Crippen LogP contribution in [-0.2, 0) is 4.79 Å². The van der Waals surface area contributed by atoms with Crippen LogP contribution in [0.15, 0.2) is 25.3 Å². The molecule has 1 unspecified atom stereocenters. The van der Waals surface area contributed by atoms with Crippen molar-refractivity contribution in [3.8, 4) is 0 Å². The number of carbonyl (C=O) groups is 2. The SMILES string of the molecule is C=CCN(CC=C)C(=O)N1CCSCC1C(=O)O. The third-order valence-corrected chi connectivity index (χ3v) is 3.65. The van der Waals surface area contributed by atoms with Crippen LogP contribution in [0.2, 0.25) is 0 Å². The fourth-order valence-electron chi connectivity index (χ4n) is 1.76. The number of carboxylic acid groups (broad SMARTS) is 1. The molecular weight excluding hydrogens is 252 g/mol. The van der Waals surface area contributed by atoms with Gasteiger partial charge in [-0.25, -0.2) is 9.59 Å². The summed E-state index contributed by atoms with van der Waals surface area (Å²) >= 11 is 1.56. The number of urea groups is 1. The molecule has 0 aromatic heterocycles. The number of rotatable bonds is 5. The maximum Gasteiger partial charge on any atom is 0.327 e. The lowest BCUT2D eigenvalue weighted by molar-refractivity contribution is -0.141. The van der Waals surface area contributed by atoms with E-state index in [2.05, 4.69) is 13.2 Å². The molecule has 2 amide bonds. The van der Waals surface area contributed by atoms with Crippen LogP contribution in [0.5, 0.6) is 0 Å². The average molecular weight is 270 g/mol. The molecule has 18 heavy (non-hydrogen) atoms. The molecule has 0 bridgehead atoms. The first-order valence-electron chi connectivity index (χ1n) is 5.69. The van der Waals surface area contributed by atoms with Crippen molar-refractivity contribution in [1.82, 2.24) is 9.80 Å². The van der Waals surface area contributed by atoms with Gasteiger partial charge in [0, 0.05) is 31.1 Å². The van der Waals surface area contributed by atoms with Crippen LogP contribution in [-0.4, -0.2) is 64.1 Å². The molecule has 0 radical (unpaired) electrons. The van der Waals surface area contributed by atoms with E-state index in [0.29, 0.717) is 25.4 Å². The lowest BCUT2D eigenvalue weighted by Crippen LogP contribution is -2.54. The van der Waals surface area contributed by atoms with Gasteiger partial charge in [-0.15, -0.1) is 13.2 Å². The van der Waals surface area contributed by atoms with Gasteiger partial charge in [0.1, 0.15) is 6.04 Å². The number of thioether (sulfide) groups is 1. The highest BCUT2D eigenvalue weighted by atomic mass is 32.2. The van der Waals surface area contributed by atoms with Crippen LogP contribution in [0, 0.1) is 0 Å². The van der Waals surface area contributed by atoms with Crippen LogP contribution in [0.1, 0.15) is 0 Å². The van der Waals surface area contributed by atoms with E-state index in [0.717, 1.165) is 5.75 Å². The first-order chi connectivity index (χ1) is 8.61. The Labute approximate surface area is 111 Å². The molecular formula is C12H18N2O3S. The van der Waals surface area contributed by atoms with E-state index in [1.165, 1.54) is 9.80 Å². The fraction of sp³-hybridized carbons (Fsp3) is 0.500. The number of amides is 2. The summed E-state index contributed by atoms with van der Waals surface area (Å²) in [5, 5.41) is 9.13. The zero-order valence-electron chi connectivity index (χ0n) is 10.2. The van der Waals surface area contributed by atoms with Crippen molar-refractivity contribution in [2.75, 3.05) is 31.1 Å². The Bertz CT molecular complexity index is 336. The standard InChI is InChI=1S/C12H18N2O3S/c1-3-5-13(6-4-2)12(17)14-7-8-18-9-10(14)11(15)16/h3-4,10H,1-2,5-9H2,(H,15,16). The minimum absolute atomic E-state index is 0.262. The van der Waals surface area contributed by atoms with Crippen molar-refractivity contribution in [3.63, 3.8) is 0 Å². The molecule has 1 atom stereocenters. The van der Waals surface area contributed by atoms with Crippen LogP contribution in [0.3, 0.4) is 0 Å². The summed E-state index contributed by atoms with van der Waals surface area (Å²) in [6.07, 6.45) is 3.24. The maximum atomic E-state index is 12.3. The van der Waals surface area contributed by atoms with Crippen molar-refractivity contribution in [3.05, 3.63) is 25.3 Å². The first-order valence-corrected chi connectivity index (χ1v) is 6.85. The highest BCUT2D eigenvalue weighted by molar-refractivity contribution is 7.99. The zero-order chi connectivity index (χ0) is 13.5. The van der Waals surface area contributed by atoms with Gasteiger partial charge >= 0.3 is 12.0 Å². The predicted octanol–water partition coefficient (Wildman–Crippen LogP) is 1.28. The Morgan fingerprint density at radius 1 is 1.39 bits per heavy atom. The molecule has 1 aliphatic rings. The maximum absolute atomic E-state index is 12.3. The van der Waals surface area contributed by atoms with E-state index in [-0.39, 0.29) is 6.03 Å². The van der Waals surface area contributed by atoms with Gasteiger partial charge in [0.25, 0.3) is 0 Å². The molecule has 1 heterocycles. The Hall–Kier alpha value is -1.43. The number of nitrogens with zero attached hydrogens (tertiary/aromatic N) is 2. The summed E-state index contributed by atoms with van der Waals surface area (Å²) in [6, 6.07) is -1.00. The van der Waals surface area contributed by atoms with E-state index < -0.39 is 12.0 Å². The van der Waals surface area contributed by atoms with E-state index in [9.17, 15) is 9.59 Å². The molecule has 0 saturated carbocycles. The molecule has 1 saturated heterocycles. The molecule has 5 nitrogen and oxygen atoms in total. The smallest absolute Gasteiger partial charge is 0.327 e. The van der Waals surface area contributed by atoms with Crippen molar-refractivity contribution in [2.24, 2.45) is 0 Å². The Balaban J connectivity index is 2.79. The van der Waals surface area contributed by atoms with Crippen LogP contribution in [0.25, 0.3) is 0 Å². The molecule has 1 rings (SSSR count). The molecule has 0 aromatic rings. The van der Waals surface area contributed by atoms with E-state index in [1.54, 1.807) is 23.9 Å². The number of carbonyl (C=O) groups excluding carboxylic acids is 1. The second-order valence-electron chi connectivity index (χ2n) is 3.89. The van der Waals surface area contributed by atoms with Gasteiger partial charge in [-0.2, -0.15) is 11.8 Å². The third-order valence-electron chi connectivity index (χ3n) is 2.63. The summed E-state index contributed by atoms with van der Waals surface area (Å²) in [7, 11) is 0. The molecule has 1 N–H and O–H groups in total. The topological polar surface area (TPSA) is 60.9 Å². The molecule has 1 fully saturated rings. The van der Waals surface area contributed by atoms with Crippen LogP contribution < -0.4 is 0 Å². The monoisotopic (exact) mass is 270 g/mol. The molecule has 0 aromatic carbocycles.